The Morgan fingerprint density at radius 1 is 1.13 bits per heavy atom. The van der Waals surface area contributed by atoms with E-state index in [9.17, 15) is 18.8 Å². The standard InChI is InChI=1S/C31H37ClFN7O5S/c1-17(2)39-14-19(12-24(39)29(41)44-3)40-15-20-13-37(8-9-38(20)31(40)43)16-23-25(30(42)45-4)26(21-6-5-18(33)11-22(21)32)36-27(35-23)28-34-7-10-46-28/h5-7,10-11,17,19-20,24,26H,8-9,12-16H2,1-4H3,(H,35,36)/t19-,20?,24-,26?/m1/s1. The molecule has 4 aliphatic rings. The van der Waals surface area contributed by atoms with Crippen LogP contribution in [0, 0.1) is 5.82 Å². The third-order valence-corrected chi connectivity index (χ3v) is 10.3. The number of nitrogens with zero attached hydrogens (tertiary/aromatic N) is 6. The predicted molar refractivity (Wildman–Crippen MR) is 170 cm³/mol. The number of piperazine rings is 1. The summed E-state index contributed by atoms with van der Waals surface area (Å²) < 4.78 is 24.3. The lowest BCUT2D eigenvalue weighted by Crippen LogP contribution is -2.53. The average molecular weight is 674 g/mol. The number of hydrogen-bond donors (Lipinski definition) is 1. The number of likely N-dealkylation sites (tertiary alicyclic amines) is 1. The Hall–Kier alpha value is -3.59. The SMILES string of the molecule is COC(=O)C1=C(CN2CCN3C(=O)N([C@@H]4C[C@H](C(=O)OC)N(C(C)C)C4)CC3C2)NC(c2nccs2)=NC1c1ccc(F)cc1Cl. The maximum absolute atomic E-state index is 14.0. The number of fused-ring (bicyclic) bond motifs is 1. The van der Waals surface area contributed by atoms with E-state index in [4.69, 9.17) is 26.1 Å². The number of hydrogen-bond acceptors (Lipinski definition) is 11. The van der Waals surface area contributed by atoms with Crippen LogP contribution in [0.4, 0.5) is 9.18 Å². The summed E-state index contributed by atoms with van der Waals surface area (Å²) in [4.78, 5) is 56.8. The fraction of sp³-hybridized carbons (Fsp3) is 0.516. The van der Waals surface area contributed by atoms with E-state index in [1.165, 1.54) is 43.8 Å². The minimum absolute atomic E-state index is 0.0154. The number of nitrogens with one attached hydrogen (secondary N) is 1. The quantitative estimate of drug-likeness (QED) is 0.422. The highest BCUT2D eigenvalue weighted by Crippen LogP contribution is 2.37. The summed E-state index contributed by atoms with van der Waals surface area (Å²) >= 11 is 7.89. The lowest BCUT2D eigenvalue weighted by atomic mass is 9.95. The molecule has 15 heteroatoms. The number of rotatable bonds is 8. The van der Waals surface area contributed by atoms with Crippen LogP contribution in [0.15, 0.2) is 46.0 Å². The minimum Gasteiger partial charge on any atom is -0.468 e. The number of ether oxygens (including phenoxy) is 2. The number of amidine groups is 1. The van der Waals surface area contributed by atoms with Gasteiger partial charge in [0.2, 0.25) is 0 Å². The molecular formula is C31H37ClFN7O5S. The lowest BCUT2D eigenvalue weighted by molar-refractivity contribution is -0.146. The number of aromatic nitrogens is 1. The highest BCUT2D eigenvalue weighted by atomic mass is 35.5. The van der Waals surface area contributed by atoms with Gasteiger partial charge in [-0.3, -0.25) is 19.6 Å². The van der Waals surface area contributed by atoms with Gasteiger partial charge in [0.15, 0.2) is 10.8 Å². The number of benzene rings is 1. The van der Waals surface area contributed by atoms with Crippen molar-refractivity contribution in [2.45, 2.75) is 50.5 Å². The largest absolute Gasteiger partial charge is 0.468 e. The molecule has 1 N–H and O–H groups in total. The van der Waals surface area contributed by atoms with E-state index < -0.39 is 17.8 Å². The van der Waals surface area contributed by atoms with Crippen LogP contribution in [0.2, 0.25) is 5.02 Å². The van der Waals surface area contributed by atoms with Crippen LogP contribution in [0.3, 0.4) is 0 Å². The fourth-order valence-electron chi connectivity index (χ4n) is 6.94. The van der Waals surface area contributed by atoms with Crippen molar-refractivity contribution in [2.24, 2.45) is 4.99 Å². The maximum atomic E-state index is 14.0. The van der Waals surface area contributed by atoms with Crippen molar-refractivity contribution in [1.29, 1.82) is 0 Å². The third-order valence-electron chi connectivity index (χ3n) is 9.17. The Labute approximate surface area is 275 Å². The molecule has 4 atom stereocenters. The van der Waals surface area contributed by atoms with E-state index in [2.05, 4.69) is 20.1 Å². The van der Waals surface area contributed by atoms with Crippen molar-refractivity contribution in [3.8, 4) is 0 Å². The van der Waals surface area contributed by atoms with Gasteiger partial charge in [0, 0.05) is 79.2 Å². The average Bonchev–Trinajstić information content (AvgIpc) is 3.80. The molecule has 0 radical (unpaired) electrons. The molecule has 46 heavy (non-hydrogen) atoms. The number of carbonyl (C=O) groups is 3. The molecule has 0 saturated carbocycles. The second kappa shape index (κ2) is 13.3. The molecule has 1 aromatic heterocycles. The van der Waals surface area contributed by atoms with Crippen molar-refractivity contribution in [3.05, 3.63) is 62.5 Å². The van der Waals surface area contributed by atoms with Gasteiger partial charge < -0.3 is 24.6 Å². The summed E-state index contributed by atoms with van der Waals surface area (Å²) in [6.45, 7) is 7.25. The molecule has 5 heterocycles. The molecule has 0 bridgehead atoms. The van der Waals surface area contributed by atoms with Crippen LogP contribution in [0.5, 0.6) is 0 Å². The van der Waals surface area contributed by atoms with Crippen molar-refractivity contribution in [2.75, 3.05) is 53.5 Å². The van der Waals surface area contributed by atoms with Crippen molar-refractivity contribution < 1.29 is 28.2 Å². The molecule has 0 aliphatic carbocycles. The molecule has 1 aromatic carbocycles. The second-order valence-electron chi connectivity index (χ2n) is 12.1. The number of amides is 2. The topological polar surface area (TPSA) is 120 Å². The highest BCUT2D eigenvalue weighted by Gasteiger charge is 2.48. The molecule has 246 valence electrons. The zero-order valence-corrected chi connectivity index (χ0v) is 27.7. The first-order valence-corrected chi connectivity index (χ1v) is 16.5. The van der Waals surface area contributed by atoms with E-state index >= 15 is 0 Å². The molecule has 6 rings (SSSR count). The molecule has 4 aliphatic heterocycles. The van der Waals surface area contributed by atoms with Crippen molar-refractivity contribution in [1.82, 2.24) is 29.9 Å². The summed E-state index contributed by atoms with van der Waals surface area (Å²) in [6.07, 6.45) is 2.20. The smallest absolute Gasteiger partial charge is 0.338 e. The fourth-order valence-corrected chi connectivity index (χ4v) is 7.80. The van der Waals surface area contributed by atoms with Crippen LogP contribution in [-0.4, -0.2) is 126 Å². The number of urea groups is 1. The van der Waals surface area contributed by atoms with Gasteiger partial charge in [-0.1, -0.05) is 17.7 Å². The van der Waals surface area contributed by atoms with Crippen LogP contribution in [0.25, 0.3) is 0 Å². The minimum atomic E-state index is -0.852. The summed E-state index contributed by atoms with van der Waals surface area (Å²) in [5.74, 6) is -0.877. The first kappa shape index (κ1) is 32.4. The number of esters is 2. The van der Waals surface area contributed by atoms with Gasteiger partial charge in [-0.05, 0) is 32.4 Å². The number of thiazole rings is 1. The second-order valence-corrected chi connectivity index (χ2v) is 13.4. The molecule has 2 unspecified atom stereocenters. The van der Waals surface area contributed by atoms with Crippen molar-refractivity contribution in [3.63, 3.8) is 0 Å². The maximum Gasteiger partial charge on any atom is 0.338 e. The summed E-state index contributed by atoms with van der Waals surface area (Å²) in [5.41, 5.74) is 1.32. The first-order chi connectivity index (χ1) is 22.1. The molecule has 3 saturated heterocycles. The Morgan fingerprint density at radius 3 is 2.61 bits per heavy atom. The van der Waals surface area contributed by atoms with E-state index in [0.29, 0.717) is 67.8 Å². The van der Waals surface area contributed by atoms with Crippen molar-refractivity contribution >= 4 is 46.7 Å². The van der Waals surface area contributed by atoms with Crippen LogP contribution in [-0.2, 0) is 19.1 Å². The van der Waals surface area contributed by atoms with E-state index in [-0.39, 0.29) is 46.8 Å². The highest BCUT2D eigenvalue weighted by molar-refractivity contribution is 7.11. The number of aliphatic imine (C=N–C) groups is 1. The summed E-state index contributed by atoms with van der Waals surface area (Å²) in [7, 11) is 2.70. The Bertz CT molecular complexity index is 1570. The van der Waals surface area contributed by atoms with Crippen LogP contribution >= 0.6 is 22.9 Å². The molecule has 0 spiro atoms. The predicted octanol–water partition coefficient (Wildman–Crippen LogP) is 2.90. The number of methoxy groups -OCH3 is 2. The molecule has 3 fully saturated rings. The van der Waals surface area contributed by atoms with Gasteiger partial charge in [-0.15, -0.1) is 11.3 Å². The Kier molecular flexibility index (Phi) is 9.33. The normalized spacial score (nSPS) is 25.5. The molecule has 2 aromatic rings. The van der Waals surface area contributed by atoms with Crippen LogP contribution in [0.1, 0.15) is 36.9 Å². The van der Waals surface area contributed by atoms with E-state index in [0.717, 1.165) is 0 Å². The summed E-state index contributed by atoms with van der Waals surface area (Å²) in [5, 5.41) is 5.94. The Balaban J connectivity index is 1.24. The van der Waals surface area contributed by atoms with E-state index in [1.807, 2.05) is 29.0 Å². The Morgan fingerprint density at radius 2 is 1.93 bits per heavy atom. The van der Waals surface area contributed by atoms with Gasteiger partial charge in [0.25, 0.3) is 0 Å². The molecular weight excluding hydrogens is 637 g/mol. The van der Waals surface area contributed by atoms with Crippen LogP contribution < -0.4 is 5.32 Å². The van der Waals surface area contributed by atoms with Gasteiger partial charge in [0.1, 0.15) is 17.9 Å². The van der Waals surface area contributed by atoms with Gasteiger partial charge in [0.05, 0.1) is 25.8 Å². The summed E-state index contributed by atoms with van der Waals surface area (Å²) in [6, 6.07) is 2.75. The first-order valence-electron chi connectivity index (χ1n) is 15.2. The zero-order chi connectivity index (χ0) is 32.7. The lowest BCUT2D eigenvalue weighted by Gasteiger charge is -2.38. The third kappa shape index (κ3) is 6.10. The zero-order valence-electron chi connectivity index (χ0n) is 26.1. The molecule has 2 amide bonds. The van der Waals surface area contributed by atoms with Gasteiger partial charge >= 0.3 is 18.0 Å². The van der Waals surface area contributed by atoms with Gasteiger partial charge in [-0.2, -0.15) is 0 Å². The number of carbonyl (C=O) groups excluding carboxylic acids is 3. The van der Waals surface area contributed by atoms with E-state index in [1.54, 1.807) is 6.20 Å². The molecule has 12 nitrogen and oxygen atoms in total. The van der Waals surface area contributed by atoms with Gasteiger partial charge in [-0.25, -0.2) is 19.0 Å². The number of halogens is 2. The monoisotopic (exact) mass is 673 g/mol.